The molecule has 0 saturated heterocycles. The van der Waals surface area contributed by atoms with Crippen LogP contribution in [0.4, 0.5) is 0 Å². The van der Waals surface area contributed by atoms with Crippen LogP contribution in [0.15, 0.2) is 54.6 Å². The van der Waals surface area contributed by atoms with Crippen molar-refractivity contribution in [1.29, 1.82) is 0 Å². The van der Waals surface area contributed by atoms with Crippen LogP contribution in [0.3, 0.4) is 0 Å². The molecule has 2 aromatic carbocycles. The summed E-state index contributed by atoms with van der Waals surface area (Å²) in [6.45, 7) is 4.54. The lowest BCUT2D eigenvalue weighted by Crippen LogP contribution is -2.51. The van der Waals surface area contributed by atoms with Crippen LogP contribution >= 0.6 is 11.8 Å². The first-order valence-corrected chi connectivity index (χ1v) is 13.5. The number of amides is 2. The van der Waals surface area contributed by atoms with Gasteiger partial charge in [-0.05, 0) is 37.3 Å². The molecule has 0 aliphatic heterocycles. The lowest BCUT2D eigenvalue weighted by molar-refractivity contribution is -0.141. The maximum atomic E-state index is 13.4. The van der Waals surface area contributed by atoms with Crippen molar-refractivity contribution >= 4 is 23.6 Å². The van der Waals surface area contributed by atoms with Crippen LogP contribution in [-0.4, -0.2) is 34.6 Å². The van der Waals surface area contributed by atoms with E-state index in [1.165, 1.54) is 24.8 Å². The van der Waals surface area contributed by atoms with Gasteiger partial charge in [-0.25, -0.2) is 0 Å². The number of benzene rings is 2. The van der Waals surface area contributed by atoms with Crippen LogP contribution in [0, 0.1) is 6.92 Å². The number of nitrogens with zero attached hydrogens (tertiary/aromatic N) is 1. The van der Waals surface area contributed by atoms with Crippen molar-refractivity contribution in [1.82, 2.24) is 10.2 Å². The zero-order valence-electron chi connectivity index (χ0n) is 20.1. The lowest BCUT2D eigenvalue weighted by atomic mass is 9.95. The van der Waals surface area contributed by atoms with Gasteiger partial charge in [-0.1, -0.05) is 86.3 Å². The van der Waals surface area contributed by atoms with E-state index in [2.05, 4.69) is 36.5 Å². The van der Waals surface area contributed by atoms with Gasteiger partial charge in [0.25, 0.3) is 0 Å². The van der Waals surface area contributed by atoms with Gasteiger partial charge >= 0.3 is 0 Å². The fraction of sp³-hybridized carbons (Fsp3) is 0.500. The van der Waals surface area contributed by atoms with E-state index < -0.39 is 6.04 Å². The fourth-order valence-corrected chi connectivity index (χ4v) is 5.43. The Hall–Kier alpha value is -2.27. The Bertz CT molecular complexity index is 880. The second-order valence-corrected chi connectivity index (χ2v) is 10.2. The molecule has 0 unspecified atom stereocenters. The van der Waals surface area contributed by atoms with E-state index in [0.29, 0.717) is 19.4 Å². The van der Waals surface area contributed by atoms with E-state index >= 15 is 0 Å². The molecule has 178 valence electrons. The number of aryl methyl sites for hydroxylation is 1. The summed E-state index contributed by atoms with van der Waals surface area (Å²) in [5.41, 5.74) is 3.51. The lowest BCUT2D eigenvalue weighted by Gasteiger charge is -2.33. The third-order valence-electron chi connectivity index (χ3n) is 6.34. The van der Waals surface area contributed by atoms with Crippen LogP contribution in [0.1, 0.15) is 68.6 Å². The molecule has 0 bridgehead atoms. The molecule has 1 saturated carbocycles. The Balaban J connectivity index is 1.65. The third-order valence-corrected chi connectivity index (χ3v) is 7.37. The summed E-state index contributed by atoms with van der Waals surface area (Å²) < 4.78 is 0. The first-order chi connectivity index (χ1) is 16.1. The topological polar surface area (TPSA) is 49.4 Å². The zero-order valence-corrected chi connectivity index (χ0v) is 20.9. The third kappa shape index (κ3) is 8.22. The molecule has 1 atom stereocenters. The van der Waals surface area contributed by atoms with Crippen LogP contribution in [0.2, 0.25) is 0 Å². The normalized spacial score (nSPS) is 15.1. The number of hydrogen-bond donors (Lipinski definition) is 1. The average molecular weight is 467 g/mol. The van der Waals surface area contributed by atoms with Crippen molar-refractivity contribution in [2.75, 3.05) is 5.75 Å². The van der Waals surface area contributed by atoms with Gasteiger partial charge in [0, 0.05) is 30.5 Å². The van der Waals surface area contributed by atoms with Gasteiger partial charge in [-0.2, -0.15) is 11.8 Å². The quantitative estimate of drug-likeness (QED) is 0.421. The summed E-state index contributed by atoms with van der Waals surface area (Å²) in [5.74, 6) is 1.70. The molecule has 0 heterocycles. The number of rotatable bonds is 11. The highest BCUT2D eigenvalue weighted by Gasteiger charge is 2.30. The monoisotopic (exact) mass is 466 g/mol. The summed E-state index contributed by atoms with van der Waals surface area (Å²) in [6, 6.07) is 18.4. The predicted molar refractivity (Wildman–Crippen MR) is 138 cm³/mol. The van der Waals surface area contributed by atoms with Gasteiger partial charge in [0.15, 0.2) is 0 Å². The highest BCUT2D eigenvalue weighted by Crippen LogP contribution is 2.20. The minimum Gasteiger partial charge on any atom is -0.352 e. The first kappa shape index (κ1) is 25.4. The van der Waals surface area contributed by atoms with Crippen LogP contribution < -0.4 is 5.32 Å². The summed E-state index contributed by atoms with van der Waals surface area (Å²) in [4.78, 5) is 28.4. The highest BCUT2D eigenvalue weighted by molar-refractivity contribution is 7.98. The average Bonchev–Trinajstić information content (AvgIpc) is 2.83. The van der Waals surface area contributed by atoms with E-state index in [-0.39, 0.29) is 17.9 Å². The second kappa shape index (κ2) is 13.4. The van der Waals surface area contributed by atoms with Gasteiger partial charge in [0.1, 0.15) is 6.04 Å². The van der Waals surface area contributed by atoms with Crippen LogP contribution in [0.25, 0.3) is 0 Å². The molecule has 3 rings (SSSR count). The molecule has 2 amide bonds. The summed E-state index contributed by atoms with van der Waals surface area (Å²) in [5, 5.41) is 3.25. The molecule has 4 nitrogen and oxygen atoms in total. The largest absolute Gasteiger partial charge is 0.352 e. The van der Waals surface area contributed by atoms with Gasteiger partial charge < -0.3 is 10.2 Å². The molecule has 0 spiro atoms. The van der Waals surface area contributed by atoms with E-state index in [9.17, 15) is 9.59 Å². The van der Waals surface area contributed by atoms with Crippen LogP contribution in [-0.2, 0) is 21.9 Å². The van der Waals surface area contributed by atoms with Crippen molar-refractivity contribution in [2.45, 2.75) is 83.2 Å². The molecule has 33 heavy (non-hydrogen) atoms. The van der Waals surface area contributed by atoms with Crippen molar-refractivity contribution in [2.24, 2.45) is 0 Å². The van der Waals surface area contributed by atoms with Gasteiger partial charge in [-0.15, -0.1) is 0 Å². The Labute approximate surface area is 203 Å². The van der Waals surface area contributed by atoms with E-state index in [0.717, 1.165) is 35.5 Å². The molecule has 2 aromatic rings. The van der Waals surface area contributed by atoms with E-state index in [1.54, 1.807) is 11.8 Å². The van der Waals surface area contributed by atoms with Crippen molar-refractivity contribution in [3.63, 3.8) is 0 Å². The minimum atomic E-state index is -0.431. The molecular weight excluding hydrogens is 428 g/mol. The van der Waals surface area contributed by atoms with Gasteiger partial charge in [0.2, 0.25) is 11.8 Å². The molecule has 1 aliphatic carbocycles. The number of thioether (sulfide) groups is 1. The summed E-state index contributed by atoms with van der Waals surface area (Å²) >= 11 is 1.77. The number of carbonyl (C=O) groups excluding carboxylic acids is 2. The number of carbonyl (C=O) groups is 2. The number of nitrogens with one attached hydrogen (secondary N) is 1. The van der Waals surface area contributed by atoms with Crippen molar-refractivity contribution in [3.05, 3.63) is 71.3 Å². The minimum absolute atomic E-state index is 0.00217. The molecule has 1 N–H and O–H groups in total. The van der Waals surface area contributed by atoms with Gasteiger partial charge in [0.05, 0.1) is 0 Å². The molecule has 0 radical (unpaired) electrons. The molecule has 0 aromatic heterocycles. The SMILES string of the molecule is CC[C@H](C(=O)NC1CCCCC1)N(Cc1cccc(C)c1)C(=O)CCSCc1ccccc1. The Morgan fingerprint density at radius 3 is 2.45 bits per heavy atom. The van der Waals surface area contributed by atoms with Crippen LogP contribution in [0.5, 0.6) is 0 Å². The maximum absolute atomic E-state index is 13.4. The standard InChI is InChI=1S/C28H38N2O2S/c1-3-26(28(32)29-25-15-8-5-9-16-25)30(20-24-14-10-11-22(2)19-24)27(31)17-18-33-21-23-12-6-4-7-13-23/h4,6-7,10-14,19,25-26H,3,5,8-9,15-18,20-21H2,1-2H3,(H,29,32)/t26-/m1/s1. The van der Waals surface area contributed by atoms with Crippen molar-refractivity contribution in [3.8, 4) is 0 Å². The van der Waals surface area contributed by atoms with E-state index in [4.69, 9.17) is 0 Å². The number of hydrogen-bond acceptors (Lipinski definition) is 3. The summed E-state index contributed by atoms with van der Waals surface area (Å²) in [6.07, 6.45) is 6.75. The first-order valence-electron chi connectivity index (χ1n) is 12.3. The van der Waals surface area contributed by atoms with Gasteiger partial charge in [-0.3, -0.25) is 9.59 Å². The van der Waals surface area contributed by atoms with Crippen molar-refractivity contribution < 1.29 is 9.59 Å². The Morgan fingerprint density at radius 2 is 1.76 bits per heavy atom. The zero-order chi connectivity index (χ0) is 23.5. The molecule has 1 fully saturated rings. The molecule has 5 heteroatoms. The Morgan fingerprint density at radius 1 is 1.03 bits per heavy atom. The predicted octanol–water partition coefficient (Wildman–Crippen LogP) is 5.87. The Kier molecular flexibility index (Phi) is 10.3. The summed E-state index contributed by atoms with van der Waals surface area (Å²) in [7, 11) is 0. The smallest absolute Gasteiger partial charge is 0.243 e. The highest BCUT2D eigenvalue weighted by atomic mass is 32.2. The fourth-order valence-electron chi connectivity index (χ4n) is 4.54. The molecule has 1 aliphatic rings. The maximum Gasteiger partial charge on any atom is 0.243 e. The second-order valence-electron chi connectivity index (χ2n) is 9.07. The van der Waals surface area contributed by atoms with E-state index in [1.807, 2.05) is 42.2 Å². The molecular formula is C28H38N2O2S.